The summed E-state index contributed by atoms with van der Waals surface area (Å²) in [5.41, 5.74) is -0.174. The van der Waals surface area contributed by atoms with E-state index in [0.29, 0.717) is 0 Å². The van der Waals surface area contributed by atoms with Gasteiger partial charge >= 0.3 is 5.97 Å². The fourth-order valence-corrected chi connectivity index (χ4v) is 4.13. The largest absolute Gasteiger partial charge is 0.497 e. The van der Waals surface area contributed by atoms with Gasteiger partial charge in [-0.25, -0.2) is 4.79 Å². The highest BCUT2D eigenvalue weighted by atomic mass is 16.7. The van der Waals surface area contributed by atoms with Gasteiger partial charge in [-0.1, -0.05) is 6.58 Å². The van der Waals surface area contributed by atoms with Crippen LogP contribution in [-0.2, 0) is 23.7 Å². The Morgan fingerprint density at radius 3 is 2.23 bits per heavy atom. The van der Waals surface area contributed by atoms with E-state index in [1.165, 1.54) is 19.2 Å². The molecule has 2 fully saturated rings. The average Bonchev–Trinajstić information content (AvgIpc) is 2.92. The van der Waals surface area contributed by atoms with Crippen LogP contribution in [0.1, 0.15) is 10.4 Å². The number of methoxy groups -OCH3 is 1. The summed E-state index contributed by atoms with van der Waals surface area (Å²) in [5.74, 6) is -1.62. The number of fused-ring (bicyclic) bond motifs is 1. The number of aliphatic hydroxyl groups is 7. The van der Waals surface area contributed by atoms with Crippen LogP contribution in [0.5, 0.6) is 11.5 Å². The lowest BCUT2D eigenvalue weighted by atomic mass is 9.98. The van der Waals surface area contributed by atoms with Crippen molar-refractivity contribution in [1.29, 1.82) is 0 Å². The minimum Gasteiger partial charge on any atom is -0.497 e. The molecule has 2 saturated heterocycles. The molecule has 0 bridgehead atoms. The van der Waals surface area contributed by atoms with E-state index in [1.54, 1.807) is 0 Å². The number of carbonyl (C=O) groups is 2. The predicted octanol–water partition coefficient (Wildman–Crippen LogP) is -3.68. The van der Waals surface area contributed by atoms with Gasteiger partial charge in [0.2, 0.25) is 0 Å². The quantitative estimate of drug-likeness (QED) is 0.118. The molecular formula is C23H29NO15. The summed E-state index contributed by atoms with van der Waals surface area (Å²) in [5, 5.41) is 72.4. The Morgan fingerprint density at radius 2 is 1.56 bits per heavy atom. The number of amides is 1. The Labute approximate surface area is 220 Å². The summed E-state index contributed by atoms with van der Waals surface area (Å²) in [6.45, 7) is 2.23. The van der Waals surface area contributed by atoms with E-state index in [-0.39, 0.29) is 28.5 Å². The van der Waals surface area contributed by atoms with Gasteiger partial charge in [0.05, 0.1) is 25.0 Å². The molecule has 0 aromatic heterocycles. The van der Waals surface area contributed by atoms with Crippen molar-refractivity contribution < 1.29 is 73.8 Å². The molecule has 16 nitrogen and oxygen atoms in total. The van der Waals surface area contributed by atoms with Crippen LogP contribution in [0.3, 0.4) is 0 Å². The Bertz CT molecular complexity index is 1100. The number of esters is 1. The van der Waals surface area contributed by atoms with Crippen molar-refractivity contribution >= 4 is 17.6 Å². The molecule has 0 spiro atoms. The van der Waals surface area contributed by atoms with Crippen LogP contribution < -0.4 is 14.8 Å². The number of benzene rings is 1. The van der Waals surface area contributed by atoms with Crippen LogP contribution >= 0.6 is 0 Å². The Hall–Kier alpha value is -2.90. The molecule has 0 radical (unpaired) electrons. The zero-order valence-electron chi connectivity index (χ0n) is 20.4. The third-order valence-electron chi connectivity index (χ3n) is 6.42. The number of hydrogen-bond acceptors (Lipinski definition) is 15. The van der Waals surface area contributed by atoms with Gasteiger partial charge in [-0.15, -0.1) is 0 Å². The van der Waals surface area contributed by atoms with Crippen LogP contribution in [0.4, 0.5) is 5.69 Å². The van der Waals surface area contributed by atoms with Crippen LogP contribution in [0.25, 0.3) is 0 Å². The molecule has 10 atom stereocenters. The minimum absolute atomic E-state index is 0.0134. The first-order chi connectivity index (χ1) is 18.4. The number of anilines is 1. The molecule has 1 aromatic carbocycles. The van der Waals surface area contributed by atoms with E-state index in [1.807, 2.05) is 0 Å². The number of hydrogen-bond donors (Lipinski definition) is 8. The van der Waals surface area contributed by atoms with Gasteiger partial charge in [0.15, 0.2) is 24.1 Å². The van der Waals surface area contributed by atoms with E-state index in [0.717, 1.165) is 0 Å². The van der Waals surface area contributed by atoms with E-state index in [9.17, 15) is 45.3 Å². The third-order valence-corrected chi connectivity index (χ3v) is 6.42. The van der Waals surface area contributed by atoms with E-state index < -0.39 is 86.5 Å². The minimum atomic E-state index is -1.83. The highest BCUT2D eigenvalue weighted by Crippen LogP contribution is 2.38. The van der Waals surface area contributed by atoms with Gasteiger partial charge in [-0.05, 0) is 6.07 Å². The summed E-state index contributed by atoms with van der Waals surface area (Å²) >= 11 is 0. The van der Waals surface area contributed by atoms with Gasteiger partial charge < -0.3 is 69.5 Å². The Balaban J connectivity index is 1.42. The average molecular weight is 559 g/mol. The zero-order valence-corrected chi connectivity index (χ0v) is 20.4. The van der Waals surface area contributed by atoms with Gasteiger partial charge in [-0.3, -0.25) is 4.79 Å². The molecule has 3 aliphatic heterocycles. The van der Waals surface area contributed by atoms with Crippen molar-refractivity contribution in [3.8, 4) is 11.5 Å². The molecule has 39 heavy (non-hydrogen) atoms. The van der Waals surface area contributed by atoms with E-state index in [2.05, 4.69) is 11.9 Å². The van der Waals surface area contributed by atoms with E-state index >= 15 is 0 Å². The normalized spacial score (nSPS) is 36.4. The number of nitrogens with one attached hydrogen (secondary N) is 1. The van der Waals surface area contributed by atoms with Crippen molar-refractivity contribution in [3.05, 3.63) is 30.0 Å². The molecule has 3 aliphatic rings. The first-order valence-corrected chi connectivity index (χ1v) is 11.7. The summed E-state index contributed by atoms with van der Waals surface area (Å²) in [6, 6.07) is 2.69. The summed E-state index contributed by atoms with van der Waals surface area (Å²) in [4.78, 5) is 24.9. The monoisotopic (exact) mass is 559 g/mol. The number of rotatable bonds is 7. The lowest BCUT2D eigenvalue weighted by Gasteiger charge is -2.42. The standard InChI is InChI=1S/C23H29NO15/c1-7-20(31)24-13-9(3-8(34-2)4-10(13)37-7)21(32)35-5-12-15(26)17(28)19(30)23(39-12)36-6-11-14(25)16(27)18(29)22(33)38-11/h3-4,11-12,14-19,22-23,25-30,33H,1,5-6H2,2H3,(H,24,31)/t11-,12-,14-,15-,16+,17+,18-,19-,22+,23+/m1/s1. The molecule has 0 unspecified atom stereocenters. The highest BCUT2D eigenvalue weighted by molar-refractivity contribution is 6.10. The number of carbonyl (C=O) groups excluding carboxylic acids is 2. The second-order valence-electron chi connectivity index (χ2n) is 9.01. The molecule has 16 heteroatoms. The Kier molecular flexibility index (Phi) is 8.72. The molecule has 8 N–H and O–H groups in total. The molecule has 3 heterocycles. The van der Waals surface area contributed by atoms with Crippen LogP contribution in [-0.4, -0.2) is 129 Å². The SMILES string of the molecule is C=C1Oc2cc(OC)cc(C(=O)OC[C@H]3O[C@H](OC[C@H]4O[C@H](O)[C@H](O)[C@@H](O)[C@@H]4O)[C@H](O)[C@@H](O)[C@@H]3O)c2NC1=O. The fourth-order valence-electron chi connectivity index (χ4n) is 4.13. The number of ether oxygens (including phenoxy) is 6. The topological polar surface area (TPSA) is 243 Å². The smallest absolute Gasteiger partial charge is 0.340 e. The molecule has 4 rings (SSSR count). The van der Waals surface area contributed by atoms with E-state index in [4.69, 9.17) is 28.4 Å². The van der Waals surface area contributed by atoms with Crippen LogP contribution in [0, 0.1) is 0 Å². The van der Waals surface area contributed by atoms with Gasteiger partial charge in [0, 0.05) is 6.07 Å². The molecule has 0 saturated carbocycles. The second-order valence-corrected chi connectivity index (χ2v) is 9.01. The first-order valence-electron chi connectivity index (χ1n) is 11.7. The molecular weight excluding hydrogens is 530 g/mol. The van der Waals surface area contributed by atoms with Crippen molar-refractivity contribution in [2.75, 3.05) is 25.6 Å². The molecule has 216 valence electrons. The maximum Gasteiger partial charge on any atom is 0.340 e. The van der Waals surface area contributed by atoms with Crippen LogP contribution in [0.15, 0.2) is 24.5 Å². The maximum absolute atomic E-state index is 12.9. The maximum atomic E-state index is 12.9. The Morgan fingerprint density at radius 1 is 0.923 bits per heavy atom. The van der Waals surface area contributed by atoms with Gasteiger partial charge in [0.1, 0.15) is 61.2 Å². The van der Waals surface area contributed by atoms with Crippen LogP contribution in [0.2, 0.25) is 0 Å². The summed E-state index contributed by atoms with van der Waals surface area (Å²) in [6.07, 6.45) is -16.8. The van der Waals surface area contributed by atoms with Crippen molar-refractivity contribution in [3.63, 3.8) is 0 Å². The first kappa shape index (κ1) is 29.1. The summed E-state index contributed by atoms with van der Waals surface area (Å²) < 4.78 is 31.5. The lowest BCUT2D eigenvalue weighted by Crippen LogP contribution is -2.61. The zero-order chi connectivity index (χ0) is 28.6. The molecule has 1 amide bonds. The predicted molar refractivity (Wildman–Crippen MR) is 123 cm³/mol. The molecule has 0 aliphatic carbocycles. The third kappa shape index (κ3) is 5.85. The lowest BCUT2D eigenvalue weighted by molar-refractivity contribution is -0.325. The second kappa shape index (κ2) is 11.7. The molecule has 1 aromatic rings. The number of aliphatic hydroxyl groups excluding tert-OH is 7. The summed E-state index contributed by atoms with van der Waals surface area (Å²) in [7, 11) is 1.34. The van der Waals surface area contributed by atoms with Crippen molar-refractivity contribution in [1.82, 2.24) is 0 Å². The van der Waals surface area contributed by atoms with Gasteiger partial charge in [0.25, 0.3) is 5.91 Å². The highest BCUT2D eigenvalue weighted by Gasteiger charge is 2.47. The fraction of sp³-hybridized carbons (Fsp3) is 0.565. The van der Waals surface area contributed by atoms with Crippen molar-refractivity contribution in [2.24, 2.45) is 0 Å². The van der Waals surface area contributed by atoms with Crippen molar-refractivity contribution in [2.45, 2.75) is 61.4 Å². The van der Waals surface area contributed by atoms with Gasteiger partial charge in [-0.2, -0.15) is 0 Å².